The molecule has 8 bridgehead atoms. The van der Waals surface area contributed by atoms with Crippen LogP contribution in [-0.4, -0.2) is 21.4 Å². The average Bonchev–Trinajstić information content (AvgIpc) is 3.88. The maximum atomic E-state index is 15.4. The minimum atomic E-state index is -2.42. The fourth-order valence-electron chi connectivity index (χ4n) is 5.69. The van der Waals surface area contributed by atoms with Crippen LogP contribution in [0.4, 0.5) is 43.9 Å². The lowest BCUT2D eigenvalue weighted by Crippen LogP contribution is -2.20. The highest BCUT2D eigenvalue weighted by molar-refractivity contribution is 6.32. The van der Waals surface area contributed by atoms with E-state index in [4.69, 9.17) is 0 Å². The summed E-state index contributed by atoms with van der Waals surface area (Å²) in [5.74, 6) is -22.7. The lowest BCUT2D eigenvalue weighted by atomic mass is 9.86. The van der Waals surface area contributed by atoms with Crippen LogP contribution in [0.25, 0.3) is 11.1 Å². The lowest BCUT2D eigenvalue weighted by Gasteiger charge is -2.23. The molecule has 0 radical (unpaired) electrons. The van der Waals surface area contributed by atoms with Crippen molar-refractivity contribution in [3.8, 4) is 0 Å². The Bertz CT molecular complexity index is 2220. The van der Waals surface area contributed by atoms with Crippen molar-refractivity contribution in [2.45, 2.75) is 19.3 Å². The SMILES string of the molecule is CC1(C)c2ccc([nH]2)C2=NC(=C(c3c(F)c(F)c(F)c(F)c3F)C3=NC(=C(c4c(F)c(F)c(F)c(F)c4F)c4ccc1[nH]4)C=C3)C=C2. The summed E-state index contributed by atoms with van der Waals surface area (Å²) < 4.78 is 147. The minimum Gasteiger partial charge on any atom is -0.358 e. The molecular formula is C33H16F10N4. The first-order chi connectivity index (χ1) is 22.2. The van der Waals surface area contributed by atoms with E-state index >= 15 is 17.6 Å². The zero-order chi connectivity index (χ0) is 33.7. The van der Waals surface area contributed by atoms with Crippen LogP contribution >= 0.6 is 0 Å². The second-order valence-corrected chi connectivity index (χ2v) is 11.3. The van der Waals surface area contributed by atoms with Crippen molar-refractivity contribution in [1.82, 2.24) is 9.97 Å². The molecule has 0 spiro atoms. The predicted molar refractivity (Wildman–Crippen MR) is 151 cm³/mol. The fraction of sp³-hybridized carbons (Fsp3) is 0.0909. The monoisotopic (exact) mass is 658 g/mol. The van der Waals surface area contributed by atoms with E-state index in [2.05, 4.69) is 20.0 Å². The van der Waals surface area contributed by atoms with E-state index in [0.717, 1.165) is 12.2 Å². The van der Waals surface area contributed by atoms with Crippen LogP contribution in [0, 0.1) is 58.2 Å². The Morgan fingerprint density at radius 2 is 0.830 bits per heavy atom. The highest BCUT2D eigenvalue weighted by Crippen LogP contribution is 2.41. The van der Waals surface area contributed by atoms with Crippen molar-refractivity contribution < 1.29 is 43.9 Å². The average molecular weight is 658 g/mol. The Morgan fingerprint density at radius 1 is 0.447 bits per heavy atom. The number of halogens is 10. The topological polar surface area (TPSA) is 56.3 Å². The van der Waals surface area contributed by atoms with E-state index in [-0.39, 0.29) is 17.1 Å². The lowest BCUT2D eigenvalue weighted by molar-refractivity contribution is 0.376. The van der Waals surface area contributed by atoms with Gasteiger partial charge in [-0.1, -0.05) is 0 Å². The number of aromatic amines is 2. The van der Waals surface area contributed by atoms with E-state index < -0.39 is 97.3 Å². The number of fused-ring (bicyclic) bond motifs is 7. The molecule has 2 aromatic heterocycles. The number of allylic oxidation sites excluding steroid dienone is 5. The Balaban J connectivity index is 1.62. The number of hydrogen-bond acceptors (Lipinski definition) is 2. The van der Waals surface area contributed by atoms with Crippen molar-refractivity contribution in [2.24, 2.45) is 9.98 Å². The van der Waals surface area contributed by atoms with Crippen molar-refractivity contribution >= 4 is 22.6 Å². The van der Waals surface area contributed by atoms with Gasteiger partial charge >= 0.3 is 0 Å². The quantitative estimate of drug-likeness (QED) is 0.123. The molecule has 0 amide bonds. The zero-order valence-corrected chi connectivity index (χ0v) is 23.8. The van der Waals surface area contributed by atoms with E-state index in [0.29, 0.717) is 17.1 Å². The normalized spacial score (nSPS) is 16.6. The van der Waals surface area contributed by atoms with Gasteiger partial charge < -0.3 is 9.97 Å². The van der Waals surface area contributed by atoms with Crippen molar-refractivity contribution in [2.75, 3.05) is 0 Å². The second-order valence-electron chi connectivity index (χ2n) is 11.3. The number of aliphatic imine (C=N–C) groups is 2. The van der Waals surface area contributed by atoms with Crippen LogP contribution < -0.4 is 0 Å². The second kappa shape index (κ2) is 10.3. The summed E-state index contributed by atoms with van der Waals surface area (Å²) in [6, 6.07) is 6.14. The van der Waals surface area contributed by atoms with Gasteiger partial charge in [0.15, 0.2) is 46.5 Å². The smallest absolute Gasteiger partial charge is 0.200 e. The van der Waals surface area contributed by atoms with Crippen LogP contribution in [0.5, 0.6) is 0 Å². The predicted octanol–water partition coefficient (Wildman–Crippen LogP) is 8.61. The van der Waals surface area contributed by atoms with Crippen LogP contribution in [0.1, 0.15) is 47.8 Å². The number of H-pyrrole nitrogens is 2. The van der Waals surface area contributed by atoms with Gasteiger partial charge in [0.2, 0.25) is 11.6 Å². The number of nitrogens with zero attached hydrogens (tertiary/aromatic N) is 2. The molecule has 47 heavy (non-hydrogen) atoms. The molecule has 0 unspecified atom stereocenters. The summed E-state index contributed by atoms with van der Waals surface area (Å²) in [5, 5.41) is 0. The van der Waals surface area contributed by atoms with E-state index in [1.165, 1.54) is 24.3 Å². The van der Waals surface area contributed by atoms with Crippen LogP contribution in [-0.2, 0) is 5.41 Å². The molecule has 0 aliphatic carbocycles. The fourth-order valence-corrected chi connectivity index (χ4v) is 5.69. The van der Waals surface area contributed by atoms with Crippen LogP contribution in [0.15, 0.2) is 69.9 Å². The molecule has 2 N–H and O–H groups in total. The van der Waals surface area contributed by atoms with Gasteiger partial charge in [0.05, 0.1) is 39.6 Å². The van der Waals surface area contributed by atoms with Gasteiger partial charge in [0.1, 0.15) is 0 Å². The summed E-state index contributed by atoms with van der Waals surface area (Å²) in [6.07, 6.45) is 4.71. The van der Waals surface area contributed by atoms with Gasteiger partial charge in [-0.05, 0) is 62.4 Å². The van der Waals surface area contributed by atoms with Gasteiger partial charge in [-0.2, -0.15) is 0 Å². The summed E-state index contributed by atoms with van der Waals surface area (Å²) in [5.41, 5.74) is -4.89. The molecule has 3 aliphatic heterocycles. The molecule has 0 fully saturated rings. The van der Waals surface area contributed by atoms with Gasteiger partial charge in [0, 0.05) is 33.6 Å². The van der Waals surface area contributed by atoms with Gasteiger partial charge in [0.25, 0.3) is 0 Å². The molecule has 5 heterocycles. The number of benzene rings is 2. The first-order valence-electron chi connectivity index (χ1n) is 13.7. The van der Waals surface area contributed by atoms with E-state index in [1.54, 1.807) is 26.0 Å². The molecule has 4 aromatic rings. The van der Waals surface area contributed by atoms with Crippen molar-refractivity contribution in [3.05, 3.63) is 152 Å². The highest BCUT2D eigenvalue weighted by atomic mass is 19.2. The first-order valence-corrected chi connectivity index (χ1v) is 13.7. The largest absolute Gasteiger partial charge is 0.358 e. The maximum absolute atomic E-state index is 15.4. The van der Waals surface area contributed by atoms with Crippen molar-refractivity contribution in [1.29, 1.82) is 0 Å². The van der Waals surface area contributed by atoms with Crippen molar-refractivity contribution in [3.63, 3.8) is 0 Å². The molecule has 3 aliphatic rings. The van der Waals surface area contributed by atoms with Gasteiger partial charge in [-0.25, -0.2) is 53.9 Å². The number of hydrogen-bond donors (Lipinski definition) is 2. The molecule has 0 atom stereocenters. The third-order valence-electron chi connectivity index (χ3n) is 8.23. The first kappa shape index (κ1) is 30.3. The highest BCUT2D eigenvalue weighted by Gasteiger charge is 2.36. The van der Waals surface area contributed by atoms with E-state index in [9.17, 15) is 26.3 Å². The molecule has 14 heteroatoms. The van der Waals surface area contributed by atoms with Gasteiger partial charge in [-0.15, -0.1) is 0 Å². The molecule has 4 nitrogen and oxygen atoms in total. The molecule has 238 valence electrons. The maximum Gasteiger partial charge on any atom is 0.200 e. The Morgan fingerprint density at radius 3 is 1.36 bits per heavy atom. The third-order valence-corrected chi connectivity index (χ3v) is 8.23. The Labute approximate surface area is 257 Å². The number of rotatable bonds is 2. The Kier molecular flexibility index (Phi) is 6.64. The number of nitrogens with one attached hydrogen (secondary N) is 2. The van der Waals surface area contributed by atoms with Crippen LogP contribution in [0.2, 0.25) is 0 Å². The third kappa shape index (κ3) is 4.30. The molecule has 2 aromatic carbocycles. The summed E-state index contributed by atoms with van der Waals surface area (Å²) in [6.45, 7) is 3.54. The molecular weight excluding hydrogens is 642 g/mol. The molecule has 0 saturated carbocycles. The van der Waals surface area contributed by atoms with Crippen LogP contribution in [0.3, 0.4) is 0 Å². The molecule has 0 saturated heterocycles. The van der Waals surface area contributed by atoms with E-state index in [1.807, 2.05) is 0 Å². The number of aromatic nitrogens is 2. The minimum absolute atomic E-state index is 0.173. The summed E-state index contributed by atoms with van der Waals surface area (Å²) >= 11 is 0. The molecule has 7 rings (SSSR count). The summed E-state index contributed by atoms with van der Waals surface area (Å²) in [7, 11) is 0. The standard InChI is InChI=1S/C33H16F10N4/c1-33(2)17-9-7-12(46-17)11-3-4-13(44-11)19(21-23(34)27(38)31(42)28(39)24(21)35)14-5-6-15(45-14)20(16-8-10-18(33)47-16)22-25(36)29(40)32(43)30(41)26(22)37/h3-10,46-47H,1-2H3. The summed E-state index contributed by atoms with van der Waals surface area (Å²) in [4.78, 5) is 14.7. The van der Waals surface area contributed by atoms with Gasteiger partial charge in [-0.3, -0.25) is 0 Å². The zero-order valence-electron chi connectivity index (χ0n) is 23.8. The Hall–Kier alpha value is -5.40.